The van der Waals surface area contributed by atoms with E-state index in [1.54, 1.807) is 6.92 Å². The average molecular weight is 263 g/mol. The third-order valence-corrected chi connectivity index (χ3v) is 3.47. The highest BCUT2D eigenvalue weighted by atomic mass is 35.5. The number of hydrogen-bond acceptors (Lipinski definition) is 3. The van der Waals surface area contributed by atoms with Gasteiger partial charge in [0.25, 0.3) is 0 Å². The van der Waals surface area contributed by atoms with Gasteiger partial charge in [-0.15, -0.1) is 0 Å². The zero-order valence-corrected chi connectivity index (χ0v) is 10.4. The minimum atomic E-state index is -3.16. The summed E-state index contributed by atoms with van der Waals surface area (Å²) in [6, 6.07) is 2.80. The number of rotatable bonds is 3. The number of carbonyl (C=O) groups is 1. The highest BCUT2D eigenvalue weighted by Gasteiger charge is 2.15. The van der Waals surface area contributed by atoms with E-state index in [0.29, 0.717) is 11.1 Å². The first kappa shape index (κ1) is 13.0. The first-order chi connectivity index (χ1) is 7.22. The van der Waals surface area contributed by atoms with E-state index in [2.05, 4.69) is 0 Å². The van der Waals surface area contributed by atoms with Crippen LogP contribution in [0.2, 0.25) is 5.02 Å². The van der Waals surface area contributed by atoms with E-state index in [-0.39, 0.29) is 16.3 Å². The number of benzene rings is 1. The molecular formula is C10H11ClO4S. The van der Waals surface area contributed by atoms with Crippen LogP contribution in [0.15, 0.2) is 12.1 Å². The Morgan fingerprint density at radius 3 is 2.44 bits per heavy atom. The topological polar surface area (TPSA) is 71.4 Å². The molecule has 88 valence electrons. The maximum absolute atomic E-state index is 11.1. The summed E-state index contributed by atoms with van der Waals surface area (Å²) < 4.78 is 22.2. The van der Waals surface area contributed by atoms with E-state index in [4.69, 9.17) is 16.7 Å². The molecule has 16 heavy (non-hydrogen) atoms. The Balaban J connectivity index is 3.28. The molecule has 0 aromatic heterocycles. The standard InChI is InChI=1S/C10H11ClO4S/c1-6-7(5-16(2,14)15)3-4-8(9(6)11)10(12)13/h3-4H,5H2,1-2H3,(H,12,13). The summed E-state index contributed by atoms with van der Waals surface area (Å²) in [6.45, 7) is 1.61. The van der Waals surface area contributed by atoms with Crippen molar-refractivity contribution in [3.05, 3.63) is 33.8 Å². The molecule has 0 bridgehead atoms. The van der Waals surface area contributed by atoms with Gasteiger partial charge in [-0.3, -0.25) is 0 Å². The van der Waals surface area contributed by atoms with Crippen LogP contribution in [-0.4, -0.2) is 25.7 Å². The van der Waals surface area contributed by atoms with Crippen LogP contribution in [0, 0.1) is 6.92 Å². The minimum Gasteiger partial charge on any atom is -0.478 e. The molecule has 0 unspecified atom stereocenters. The average Bonchev–Trinajstić information content (AvgIpc) is 2.10. The van der Waals surface area contributed by atoms with Crippen LogP contribution >= 0.6 is 11.6 Å². The lowest BCUT2D eigenvalue weighted by molar-refractivity contribution is 0.0697. The lowest BCUT2D eigenvalue weighted by Gasteiger charge is -2.08. The zero-order valence-electron chi connectivity index (χ0n) is 8.82. The third kappa shape index (κ3) is 2.96. The van der Waals surface area contributed by atoms with Crippen molar-refractivity contribution in [3.63, 3.8) is 0 Å². The molecular weight excluding hydrogens is 252 g/mol. The van der Waals surface area contributed by atoms with E-state index in [1.807, 2.05) is 0 Å². The molecule has 0 heterocycles. The molecule has 0 radical (unpaired) electrons. The second-order valence-corrected chi connectivity index (χ2v) is 6.10. The largest absolute Gasteiger partial charge is 0.478 e. The van der Waals surface area contributed by atoms with Crippen LogP contribution in [0.5, 0.6) is 0 Å². The first-order valence-corrected chi connectivity index (χ1v) is 6.85. The van der Waals surface area contributed by atoms with Gasteiger partial charge in [-0.1, -0.05) is 17.7 Å². The van der Waals surface area contributed by atoms with Crippen molar-refractivity contribution in [3.8, 4) is 0 Å². The number of carboxylic acid groups (broad SMARTS) is 1. The molecule has 0 aliphatic rings. The molecule has 1 N–H and O–H groups in total. The molecule has 1 aromatic carbocycles. The third-order valence-electron chi connectivity index (χ3n) is 2.15. The minimum absolute atomic E-state index is 0.0172. The Morgan fingerprint density at radius 1 is 1.44 bits per heavy atom. The summed E-state index contributed by atoms with van der Waals surface area (Å²) in [6.07, 6.45) is 1.12. The molecule has 0 spiro atoms. The number of hydrogen-bond donors (Lipinski definition) is 1. The summed E-state index contributed by atoms with van der Waals surface area (Å²) in [5, 5.41) is 8.90. The fourth-order valence-corrected chi connectivity index (χ4v) is 2.47. The van der Waals surface area contributed by atoms with E-state index in [1.165, 1.54) is 12.1 Å². The summed E-state index contributed by atoms with van der Waals surface area (Å²) in [5.74, 6) is -1.27. The van der Waals surface area contributed by atoms with Crippen LogP contribution in [0.25, 0.3) is 0 Å². The van der Waals surface area contributed by atoms with Crippen molar-refractivity contribution < 1.29 is 18.3 Å². The summed E-state index contributed by atoms with van der Waals surface area (Å²) in [5.41, 5.74) is 1.00. The van der Waals surface area contributed by atoms with Gasteiger partial charge in [0.15, 0.2) is 9.84 Å². The molecule has 0 atom stereocenters. The number of aromatic carboxylic acids is 1. The van der Waals surface area contributed by atoms with Crippen molar-refractivity contribution in [1.29, 1.82) is 0 Å². The first-order valence-electron chi connectivity index (χ1n) is 4.41. The smallest absolute Gasteiger partial charge is 0.337 e. The van der Waals surface area contributed by atoms with Crippen molar-refractivity contribution in [2.45, 2.75) is 12.7 Å². The monoisotopic (exact) mass is 262 g/mol. The lowest BCUT2D eigenvalue weighted by Crippen LogP contribution is -2.05. The Hall–Kier alpha value is -1.07. The van der Waals surface area contributed by atoms with Gasteiger partial charge in [-0.05, 0) is 24.1 Å². The molecule has 1 aromatic rings. The molecule has 0 aliphatic carbocycles. The van der Waals surface area contributed by atoms with Crippen molar-refractivity contribution in [2.75, 3.05) is 6.26 Å². The second-order valence-electron chi connectivity index (χ2n) is 3.59. The molecule has 4 nitrogen and oxygen atoms in total. The summed E-state index contributed by atoms with van der Waals surface area (Å²) >= 11 is 5.85. The quantitative estimate of drug-likeness (QED) is 0.903. The summed E-state index contributed by atoms with van der Waals surface area (Å²) in [4.78, 5) is 10.8. The fraction of sp³-hybridized carbons (Fsp3) is 0.300. The van der Waals surface area contributed by atoms with Crippen molar-refractivity contribution in [1.82, 2.24) is 0 Å². The number of sulfone groups is 1. The van der Waals surface area contributed by atoms with Gasteiger partial charge in [0, 0.05) is 6.26 Å². The SMILES string of the molecule is Cc1c(CS(C)(=O)=O)ccc(C(=O)O)c1Cl. The molecule has 0 saturated heterocycles. The Morgan fingerprint density at radius 2 is 2.00 bits per heavy atom. The van der Waals surface area contributed by atoms with Gasteiger partial charge in [0.1, 0.15) is 0 Å². The molecule has 0 fully saturated rings. The predicted octanol–water partition coefficient (Wildman–Crippen LogP) is 1.89. The highest BCUT2D eigenvalue weighted by molar-refractivity contribution is 7.89. The van der Waals surface area contributed by atoms with Gasteiger partial charge in [0.05, 0.1) is 16.3 Å². The lowest BCUT2D eigenvalue weighted by atomic mass is 10.1. The molecule has 0 aliphatic heterocycles. The molecule has 1 rings (SSSR count). The normalized spacial score (nSPS) is 11.4. The highest BCUT2D eigenvalue weighted by Crippen LogP contribution is 2.25. The van der Waals surface area contributed by atoms with E-state index in [9.17, 15) is 13.2 Å². The Kier molecular flexibility index (Phi) is 3.60. The van der Waals surface area contributed by atoms with Gasteiger partial charge < -0.3 is 5.11 Å². The van der Waals surface area contributed by atoms with E-state index < -0.39 is 15.8 Å². The van der Waals surface area contributed by atoms with Gasteiger partial charge >= 0.3 is 5.97 Å². The molecule has 6 heteroatoms. The van der Waals surface area contributed by atoms with Crippen molar-refractivity contribution in [2.24, 2.45) is 0 Å². The van der Waals surface area contributed by atoms with E-state index >= 15 is 0 Å². The molecule has 0 amide bonds. The Labute approximate surface area is 98.8 Å². The van der Waals surface area contributed by atoms with Crippen LogP contribution in [0.1, 0.15) is 21.5 Å². The van der Waals surface area contributed by atoms with Gasteiger partial charge in [0.2, 0.25) is 0 Å². The van der Waals surface area contributed by atoms with Crippen LogP contribution in [-0.2, 0) is 15.6 Å². The zero-order chi connectivity index (χ0) is 12.5. The van der Waals surface area contributed by atoms with E-state index in [0.717, 1.165) is 6.26 Å². The number of halogens is 1. The van der Waals surface area contributed by atoms with Crippen LogP contribution in [0.4, 0.5) is 0 Å². The van der Waals surface area contributed by atoms with Gasteiger partial charge in [-0.2, -0.15) is 0 Å². The summed E-state index contributed by atoms with van der Waals surface area (Å²) in [7, 11) is -3.16. The van der Waals surface area contributed by atoms with Crippen LogP contribution < -0.4 is 0 Å². The molecule has 0 saturated carbocycles. The fourth-order valence-electron chi connectivity index (χ4n) is 1.33. The Bertz CT molecular complexity index is 534. The number of carboxylic acids is 1. The van der Waals surface area contributed by atoms with Gasteiger partial charge in [-0.25, -0.2) is 13.2 Å². The van der Waals surface area contributed by atoms with Crippen LogP contribution in [0.3, 0.4) is 0 Å². The second kappa shape index (κ2) is 4.43. The maximum atomic E-state index is 11.1. The van der Waals surface area contributed by atoms with Crippen molar-refractivity contribution >= 4 is 27.4 Å². The maximum Gasteiger partial charge on any atom is 0.337 e. The predicted molar refractivity (Wildman–Crippen MR) is 61.7 cm³/mol.